The Morgan fingerprint density at radius 2 is 2.33 bits per heavy atom. The highest BCUT2D eigenvalue weighted by Gasteiger charge is 2.17. The minimum atomic E-state index is -1.94. The van der Waals surface area contributed by atoms with Gasteiger partial charge in [0.2, 0.25) is 0 Å². The molecule has 6 heteroatoms. The van der Waals surface area contributed by atoms with Crippen LogP contribution in [0, 0.1) is 0 Å². The molecule has 0 aliphatic carbocycles. The SMILES string of the molecule is O=C(O)N1CC=C(S(=O)O)CC1. The predicted molar refractivity (Wildman–Crippen MR) is 43.1 cm³/mol. The highest BCUT2D eigenvalue weighted by molar-refractivity contribution is 7.83. The van der Waals surface area contributed by atoms with Crippen LogP contribution in [-0.2, 0) is 11.1 Å². The maximum Gasteiger partial charge on any atom is 0.407 e. The van der Waals surface area contributed by atoms with Gasteiger partial charge in [0.05, 0.1) is 0 Å². The van der Waals surface area contributed by atoms with Crippen LogP contribution in [0.4, 0.5) is 4.79 Å². The first kappa shape index (κ1) is 9.21. The summed E-state index contributed by atoms with van der Waals surface area (Å²) >= 11 is -1.94. The normalized spacial score (nSPS) is 20.1. The lowest BCUT2D eigenvalue weighted by Gasteiger charge is -2.21. The lowest BCUT2D eigenvalue weighted by molar-refractivity contribution is 0.149. The number of amides is 1. The van der Waals surface area contributed by atoms with Gasteiger partial charge in [-0.15, -0.1) is 0 Å². The lowest BCUT2D eigenvalue weighted by atomic mass is 10.2. The smallest absolute Gasteiger partial charge is 0.407 e. The summed E-state index contributed by atoms with van der Waals surface area (Å²) < 4.78 is 19.1. The summed E-state index contributed by atoms with van der Waals surface area (Å²) in [7, 11) is 0. The molecule has 5 nitrogen and oxygen atoms in total. The van der Waals surface area contributed by atoms with Crippen molar-refractivity contribution in [2.24, 2.45) is 0 Å². The minimum Gasteiger partial charge on any atom is -0.465 e. The number of nitrogens with zero attached hydrogens (tertiary/aromatic N) is 1. The van der Waals surface area contributed by atoms with Gasteiger partial charge in [0.1, 0.15) is 0 Å². The van der Waals surface area contributed by atoms with Crippen molar-refractivity contribution < 1.29 is 18.7 Å². The van der Waals surface area contributed by atoms with E-state index in [4.69, 9.17) is 9.66 Å². The molecule has 1 heterocycles. The Labute approximate surface area is 72.0 Å². The molecule has 1 rings (SSSR count). The molecule has 0 aromatic rings. The van der Waals surface area contributed by atoms with Gasteiger partial charge in [0, 0.05) is 24.4 Å². The highest BCUT2D eigenvalue weighted by atomic mass is 32.2. The van der Waals surface area contributed by atoms with Crippen LogP contribution in [-0.4, -0.2) is 38.0 Å². The number of rotatable bonds is 1. The first-order valence-electron chi connectivity index (χ1n) is 3.39. The zero-order valence-electron chi connectivity index (χ0n) is 6.27. The molecule has 0 radical (unpaired) electrons. The fourth-order valence-electron chi connectivity index (χ4n) is 0.983. The molecule has 0 saturated carbocycles. The number of carbonyl (C=O) groups is 1. The van der Waals surface area contributed by atoms with E-state index in [1.807, 2.05) is 0 Å². The second-order valence-corrected chi connectivity index (χ2v) is 3.42. The van der Waals surface area contributed by atoms with Crippen LogP contribution in [0.1, 0.15) is 6.42 Å². The topological polar surface area (TPSA) is 77.8 Å². The van der Waals surface area contributed by atoms with Crippen LogP contribution < -0.4 is 0 Å². The monoisotopic (exact) mass is 191 g/mol. The second kappa shape index (κ2) is 3.68. The average Bonchev–Trinajstić information content (AvgIpc) is 2.04. The first-order valence-corrected chi connectivity index (χ1v) is 4.49. The van der Waals surface area contributed by atoms with Crippen molar-refractivity contribution in [2.75, 3.05) is 13.1 Å². The van der Waals surface area contributed by atoms with Gasteiger partial charge in [0.25, 0.3) is 0 Å². The third-order valence-electron chi connectivity index (χ3n) is 1.66. The van der Waals surface area contributed by atoms with Gasteiger partial charge in [-0.3, -0.25) is 0 Å². The number of carboxylic acid groups (broad SMARTS) is 1. The molecule has 0 bridgehead atoms. The van der Waals surface area contributed by atoms with Crippen LogP contribution in [0.15, 0.2) is 11.0 Å². The van der Waals surface area contributed by atoms with Crippen molar-refractivity contribution in [3.63, 3.8) is 0 Å². The largest absolute Gasteiger partial charge is 0.465 e. The average molecular weight is 191 g/mol. The van der Waals surface area contributed by atoms with Crippen molar-refractivity contribution in [3.05, 3.63) is 11.0 Å². The third-order valence-corrected chi connectivity index (χ3v) is 2.48. The van der Waals surface area contributed by atoms with Crippen LogP contribution in [0.5, 0.6) is 0 Å². The maximum atomic E-state index is 10.5. The van der Waals surface area contributed by atoms with E-state index in [0.29, 0.717) is 17.9 Å². The molecular weight excluding hydrogens is 182 g/mol. The number of hydrogen-bond donors (Lipinski definition) is 2. The van der Waals surface area contributed by atoms with Crippen molar-refractivity contribution >= 4 is 17.2 Å². The zero-order chi connectivity index (χ0) is 9.14. The molecule has 0 spiro atoms. The maximum absolute atomic E-state index is 10.5. The third kappa shape index (κ3) is 2.05. The van der Waals surface area contributed by atoms with E-state index in [1.165, 1.54) is 11.0 Å². The highest BCUT2D eigenvalue weighted by Crippen LogP contribution is 2.12. The summed E-state index contributed by atoms with van der Waals surface area (Å²) in [6.45, 7) is 0.504. The summed E-state index contributed by atoms with van der Waals surface area (Å²) in [4.78, 5) is 12.0. The van der Waals surface area contributed by atoms with Crippen molar-refractivity contribution in [1.29, 1.82) is 0 Å². The fourth-order valence-corrected chi connectivity index (χ4v) is 1.47. The fraction of sp³-hybridized carbons (Fsp3) is 0.500. The van der Waals surface area contributed by atoms with E-state index < -0.39 is 17.2 Å². The Hall–Kier alpha value is -0.880. The van der Waals surface area contributed by atoms with E-state index in [2.05, 4.69) is 0 Å². The van der Waals surface area contributed by atoms with Crippen LogP contribution >= 0.6 is 0 Å². The van der Waals surface area contributed by atoms with E-state index in [-0.39, 0.29) is 6.54 Å². The van der Waals surface area contributed by atoms with Gasteiger partial charge in [-0.05, 0) is 0 Å². The van der Waals surface area contributed by atoms with Gasteiger partial charge in [-0.25, -0.2) is 9.00 Å². The van der Waals surface area contributed by atoms with E-state index in [0.717, 1.165) is 0 Å². The van der Waals surface area contributed by atoms with Gasteiger partial charge in [-0.2, -0.15) is 0 Å². The van der Waals surface area contributed by atoms with Crippen molar-refractivity contribution in [2.45, 2.75) is 6.42 Å². The van der Waals surface area contributed by atoms with Crippen LogP contribution in [0.25, 0.3) is 0 Å². The summed E-state index contributed by atoms with van der Waals surface area (Å²) in [6, 6.07) is 0. The van der Waals surface area contributed by atoms with Gasteiger partial charge >= 0.3 is 6.09 Å². The molecule has 0 aromatic carbocycles. The van der Waals surface area contributed by atoms with Gasteiger partial charge < -0.3 is 14.6 Å². The molecule has 0 aromatic heterocycles. The Morgan fingerprint density at radius 1 is 1.67 bits per heavy atom. The molecule has 12 heavy (non-hydrogen) atoms. The van der Waals surface area contributed by atoms with Crippen LogP contribution in [0.2, 0.25) is 0 Å². The molecule has 0 saturated heterocycles. The first-order chi connectivity index (χ1) is 5.61. The lowest BCUT2D eigenvalue weighted by Crippen LogP contribution is -2.33. The molecule has 2 N–H and O–H groups in total. The second-order valence-electron chi connectivity index (χ2n) is 2.40. The predicted octanol–water partition coefficient (Wildman–Crippen LogP) is 0.476. The quantitative estimate of drug-likeness (QED) is 0.591. The Kier molecular flexibility index (Phi) is 2.83. The Morgan fingerprint density at radius 3 is 2.67 bits per heavy atom. The Bertz CT molecular complexity index is 250. The molecule has 1 amide bonds. The standard InChI is InChI=1S/C6H9NO4S/c8-6(9)7-3-1-5(2-4-7)12(10)11/h1H,2-4H2,(H,8,9)(H,10,11). The van der Waals surface area contributed by atoms with Crippen molar-refractivity contribution in [3.8, 4) is 0 Å². The van der Waals surface area contributed by atoms with E-state index in [9.17, 15) is 9.00 Å². The van der Waals surface area contributed by atoms with Gasteiger partial charge in [0.15, 0.2) is 11.1 Å². The molecule has 1 aliphatic heterocycles. The zero-order valence-corrected chi connectivity index (χ0v) is 7.08. The summed E-state index contributed by atoms with van der Waals surface area (Å²) in [6.07, 6.45) is 0.831. The van der Waals surface area contributed by atoms with E-state index >= 15 is 0 Å². The van der Waals surface area contributed by atoms with Gasteiger partial charge in [-0.1, -0.05) is 6.08 Å². The summed E-state index contributed by atoms with van der Waals surface area (Å²) in [5.74, 6) is 0. The number of hydrogen-bond acceptors (Lipinski definition) is 2. The molecule has 1 aliphatic rings. The molecule has 1 unspecified atom stereocenters. The van der Waals surface area contributed by atoms with Crippen molar-refractivity contribution in [1.82, 2.24) is 4.90 Å². The van der Waals surface area contributed by atoms with Crippen LogP contribution in [0.3, 0.4) is 0 Å². The molecular formula is C6H9NO4S. The molecule has 1 atom stereocenters. The van der Waals surface area contributed by atoms with E-state index in [1.54, 1.807) is 0 Å². The minimum absolute atomic E-state index is 0.205. The molecule has 0 fully saturated rings. The Balaban J connectivity index is 2.59. The molecule has 68 valence electrons. The summed E-state index contributed by atoms with van der Waals surface area (Å²) in [5, 5.41) is 8.52. The summed E-state index contributed by atoms with van der Waals surface area (Å²) in [5.41, 5.74) is 0.